The summed E-state index contributed by atoms with van der Waals surface area (Å²) < 4.78 is 0. The largest absolute Gasteiger partial charge is 0.334 e. The number of amides is 1. The van der Waals surface area contributed by atoms with Crippen molar-refractivity contribution in [1.82, 2.24) is 9.88 Å². The second-order valence-electron chi connectivity index (χ2n) is 4.51. The lowest BCUT2D eigenvalue weighted by molar-refractivity contribution is 0.0738. The minimum Gasteiger partial charge on any atom is -0.334 e. The molecular formula is C12H15ClN2O. The van der Waals surface area contributed by atoms with Crippen LogP contribution in [0.15, 0.2) is 18.3 Å². The standard InChI is InChI=1S/C12H15ClN2O/c1-8-5-9(2)15(7-8)12(16)11-6-10(13)3-4-14-11/h3-4,6,8-9H,5,7H2,1-2H3. The second-order valence-corrected chi connectivity index (χ2v) is 4.94. The van der Waals surface area contributed by atoms with Crippen LogP contribution in [-0.4, -0.2) is 28.4 Å². The fourth-order valence-electron chi connectivity index (χ4n) is 2.25. The molecule has 0 aromatic carbocycles. The maximum Gasteiger partial charge on any atom is 0.272 e. The first-order valence-electron chi connectivity index (χ1n) is 5.50. The van der Waals surface area contributed by atoms with E-state index in [0.29, 0.717) is 22.7 Å². The highest BCUT2D eigenvalue weighted by Gasteiger charge is 2.30. The highest BCUT2D eigenvalue weighted by Crippen LogP contribution is 2.24. The minimum atomic E-state index is -0.0145. The first-order chi connectivity index (χ1) is 7.58. The van der Waals surface area contributed by atoms with Gasteiger partial charge in [-0.15, -0.1) is 0 Å². The highest BCUT2D eigenvalue weighted by atomic mass is 35.5. The van der Waals surface area contributed by atoms with Gasteiger partial charge >= 0.3 is 0 Å². The van der Waals surface area contributed by atoms with Crippen LogP contribution in [0, 0.1) is 5.92 Å². The molecule has 1 fully saturated rings. The van der Waals surface area contributed by atoms with E-state index in [4.69, 9.17) is 11.6 Å². The van der Waals surface area contributed by atoms with Gasteiger partial charge in [-0.2, -0.15) is 0 Å². The third kappa shape index (κ3) is 2.19. The molecule has 0 radical (unpaired) electrons. The van der Waals surface area contributed by atoms with E-state index in [1.807, 2.05) is 4.90 Å². The van der Waals surface area contributed by atoms with Gasteiger partial charge in [0.05, 0.1) is 0 Å². The Morgan fingerprint density at radius 1 is 1.56 bits per heavy atom. The Morgan fingerprint density at radius 3 is 2.88 bits per heavy atom. The molecule has 1 aliphatic rings. The van der Waals surface area contributed by atoms with Gasteiger partial charge < -0.3 is 4.90 Å². The fraction of sp³-hybridized carbons (Fsp3) is 0.500. The van der Waals surface area contributed by atoms with Crippen LogP contribution in [0.1, 0.15) is 30.8 Å². The van der Waals surface area contributed by atoms with Crippen LogP contribution in [0.25, 0.3) is 0 Å². The topological polar surface area (TPSA) is 33.2 Å². The quantitative estimate of drug-likeness (QED) is 0.754. The van der Waals surface area contributed by atoms with Crippen molar-refractivity contribution in [2.24, 2.45) is 5.92 Å². The van der Waals surface area contributed by atoms with Gasteiger partial charge in [-0.3, -0.25) is 9.78 Å². The fourth-order valence-corrected chi connectivity index (χ4v) is 2.41. The summed E-state index contributed by atoms with van der Waals surface area (Å²) >= 11 is 5.85. The van der Waals surface area contributed by atoms with E-state index >= 15 is 0 Å². The average molecular weight is 239 g/mol. The van der Waals surface area contributed by atoms with Crippen LogP contribution in [0.4, 0.5) is 0 Å². The molecule has 0 saturated carbocycles. The van der Waals surface area contributed by atoms with E-state index in [-0.39, 0.29) is 5.91 Å². The molecule has 4 heteroatoms. The Labute approximate surface area is 100 Å². The van der Waals surface area contributed by atoms with Crippen molar-refractivity contribution in [3.05, 3.63) is 29.0 Å². The van der Waals surface area contributed by atoms with E-state index < -0.39 is 0 Å². The van der Waals surface area contributed by atoms with Gasteiger partial charge in [0.2, 0.25) is 0 Å². The third-order valence-electron chi connectivity index (χ3n) is 2.99. The molecule has 1 aliphatic heterocycles. The number of hydrogen-bond donors (Lipinski definition) is 0. The molecule has 0 bridgehead atoms. The predicted molar refractivity (Wildman–Crippen MR) is 63.5 cm³/mol. The second kappa shape index (κ2) is 4.42. The Balaban J connectivity index is 2.19. The summed E-state index contributed by atoms with van der Waals surface area (Å²) in [7, 11) is 0. The molecule has 2 unspecified atom stereocenters. The molecule has 2 heterocycles. The first kappa shape index (κ1) is 11.4. The Morgan fingerprint density at radius 2 is 2.31 bits per heavy atom. The van der Waals surface area contributed by atoms with Crippen molar-refractivity contribution in [2.45, 2.75) is 26.3 Å². The molecule has 1 amide bonds. The first-order valence-corrected chi connectivity index (χ1v) is 5.88. The molecule has 1 saturated heterocycles. The molecule has 3 nitrogen and oxygen atoms in total. The molecule has 16 heavy (non-hydrogen) atoms. The zero-order chi connectivity index (χ0) is 11.7. The van der Waals surface area contributed by atoms with Crippen LogP contribution in [-0.2, 0) is 0 Å². The third-order valence-corrected chi connectivity index (χ3v) is 3.22. The molecule has 1 aromatic rings. The van der Waals surface area contributed by atoms with Crippen LogP contribution in [0.5, 0.6) is 0 Å². The van der Waals surface area contributed by atoms with Crippen LogP contribution in [0.2, 0.25) is 5.02 Å². The van der Waals surface area contributed by atoms with E-state index in [1.165, 1.54) is 0 Å². The number of nitrogens with zero attached hydrogens (tertiary/aromatic N) is 2. The number of carbonyl (C=O) groups is 1. The van der Waals surface area contributed by atoms with Gasteiger partial charge in [0, 0.05) is 23.8 Å². The van der Waals surface area contributed by atoms with Gasteiger partial charge in [0.15, 0.2) is 0 Å². The summed E-state index contributed by atoms with van der Waals surface area (Å²) in [6.07, 6.45) is 2.63. The average Bonchev–Trinajstić information content (AvgIpc) is 2.57. The summed E-state index contributed by atoms with van der Waals surface area (Å²) in [5, 5.41) is 0.554. The van der Waals surface area contributed by atoms with Gasteiger partial charge in [0.1, 0.15) is 5.69 Å². The lowest BCUT2D eigenvalue weighted by Gasteiger charge is -2.20. The molecule has 0 spiro atoms. The van der Waals surface area contributed by atoms with E-state index in [9.17, 15) is 4.79 Å². The number of hydrogen-bond acceptors (Lipinski definition) is 2. The van der Waals surface area contributed by atoms with E-state index in [0.717, 1.165) is 13.0 Å². The Bertz CT molecular complexity index is 408. The van der Waals surface area contributed by atoms with Crippen molar-refractivity contribution in [3.63, 3.8) is 0 Å². The van der Waals surface area contributed by atoms with Crippen molar-refractivity contribution in [3.8, 4) is 0 Å². The van der Waals surface area contributed by atoms with E-state index in [2.05, 4.69) is 18.8 Å². The lowest BCUT2D eigenvalue weighted by atomic mass is 10.1. The Kier molecular flexibility index (Phi) is 3.15. The molecular weight excluding hydrogens is 224 g/mol. The maximum absolute atomic E-state index is 12.2. The van der Waals surface area contributed by atoms with Crippen LogP contribution >= 0.6 is 11.6 Å². The molecule has 2 rings (SSSR count). The molecule has 86 valence electrons. The zero-order valence-electron chi connectivity index (χ0n) is 9.48. The highest BCUT2D eigenvalue weighted by molar-refractivity contribution is 6.30. The number of pyridine rings is 1. The van der Waals surface area contributed by atoms with Gasteiger partial charge in [-0.05, 0) is 31.4 Å². The number of carbonyl (C=O) groups excluding carboxylic acids is 1. The summed E-state index contributed by atoms with van der Waals surface area (Å²) in [4.78, 5) is 18.1. The van der Waals surface area contributed by atoms with Gasteiger partial charge in [-0.1, -0.05) is 18.5 Å². The number of aromatic nitrogens is 1. The van der Waals surface area contributed by atoms with Crippen LogP contribution in [0.3, 0.4) is 0 Å². The van der Waals surface area contributed by atoms with E-state index in [1.54, 1.807) is 18.3 Å². The summed E-state index contributed by atoms with van der Waals surface area (Å²) in [5.74, 6) is 0.553. The molecule has 2 atom stereocenters. The van der Waals surface area contributed by atoms with Crippen LogP contribution < -0.4 is 0 Å². The normalized spacial score (nSPS) is 24.8. The predicted octanol–water partition coefficient (Wildman–Crippen LogP) is 2.61. The minimum absolute atomic E-state index is 0.0145. The van der Waals surface area contributed by atoms with Gasteiger partial charge in [0.25, 0.3) is 5.91 Å². The van der Waals surface area contributed by atoms with Crippen molar-refractivity contribution < 1.29 is 4.79 Å². The van der Waals surface area contributed by atoms with Crippen molar-refractivity contribution in [1.29, 1.82) is 0 Å². The number of rotatable bonds is 1. The van der Waals surface area contributed by atoms with Gasteiger partial charge in [-0.25, -0.2) is 0 Å². The Hall–Kier alpha value is -1.09. The zero-order valence-corrected chi connectivity index (χ0v) is 10.2. The number of halogens is 1. The summed E-state index contributed by atoms with van der Waals surface area (Å²) in [5.41, 5.74) is 0.438. The summed E-state index contributed by atoms with van der Waals surface area (Å²) in [6.45, 7) is 5.05. The molecule has 0 N–H and O–H groups in total. The summed E-state index contributed by atoms with van der Waals surface area (Å²) in [6, 6.07) is 3.59. The maximum atomic E-state index is 12.2. The smallest absolute Gasteiger partial charge is 0.272 e. The number of likely N-dealkylation sites (tertiary alicyclic amines) is 1. The van der Waals surface area contributed by atoms with Crippen molar-refractivity contribution >= 4 is 17.5 Å². The SMILES string of the molecule is CC1CC(C)N(C(=O)c2cc(Cl)ccn2)C1. The molecule has 1 aromatic heterocycles. The monoisotopic (exact) mass is 238 g/mol. The van der Waals surface area contributed by atoms with Crippen molar-refractivity contribution in [2.75, 3.05) is 6.54 Å². The lowest BCUT2D eigenvalue weighted by Crippen LogP contribution is -2.34. The molecule has 0 aliphatic carbocycles.